The molecule has 0 aliphatic rings. The molecule has 0 aromatic heterocycles. The number of hydrogen-bond donors (Lipinski definition) is 1. The molecule has 0 fully saturated rings. The summed E-state index contributed by atoms with van der Waals surface area (Å²) in [7, 11) is 0. The third-order valence-corrected chi connectivity index (χ3v) is 2.08. The van der Waals surface area contributed by atoms with Crippen LogP contribution >= 0.6 is 12.2 Å². The normalized spacial score (nSPS) is 14.4. The van der Waals surface area contributed by atoms with Crippen LogP contribution in [0.3, 0.4) is 0 Å². The summed E-state index contributed by atoms with van der Waals surface area (Å²) in [5.41, 5.74) is 5.27. The molecule has 1 atom stereocenters. The molecule has 2 N–H and O–H groups in total. The third kappa shape index (κ3) is 6.15. The van der Waals surface area contributed by atoms with Crippen LogP contribution in [-0.2, 0) is 0 Å². The maximum absolute atomic E-state index is 12.1. The zero-order valence-corrected chi connectivity index (χ0v) is 9.08. The summed E-state index contributed by atoms with van der Waals surface area (Å²) in [5.74, 6) is 0. The summed E-state index contributed by atoms with van der Waals surface area (Å²) in [6.07, 6.45) is -3.85. The van der Waals surface area contributed by atoms with Crippen molar-refractivity contribution in [3.05, 3.63) is 0 Å². The average Bonchev–Trinajstić information content (AvgIpc) is 1.96. The highest BCUT2D eigenvalue weighted by molar-refractivity contribution is 7.80. The molecule has 84 valence electrons. The number of halogens is 3. The highest BCUT2D eigenvalue weighted by Gasteiger charge is 2.31. The second-order valence-corrected chi connectivity index (χ2v) is 3.72. The standard InChI is InChI=1S/C8H15F3N2S/c1-3-13(5-8(9,10)11)6(2)4-7(12)14/h6H,3-5H2,1-2H3,(H2,12,14). The molecule has 0 aromatic rings. The van der Waals surface area contributed by atoms with Crippen molar-refractivity contribution in [3.8, 4) is 0 Å². The Kier molecular flexibility index (Phi) is 5.36. The summed E-state index contributed by atoms with van der Waals surface area (Å²) in [4.78, 5) is 1.55. The van der Waals surface area contributed by atoms with Gasteiger partial charge in [0.1, 0.15) is 0 Å². The molecule has 0 aliphatic heterocycles. The number of nitrogens with zero attached hydrogens (tertiary/aromatic N) is 1. The van der Waals surface area contributed by atoms with Crippen LogP contribution in [-0.4, -0.2) is 35.2 Å². The zero-order valence-electron chi connectivity index (χ0n) is 8.27. The van der Waals surface area contributed by atoms with Crippen molar-refractivity contribution in [1.82, 2.24) is 4.90 Å². The first kappa shape index (κ1) is 13.6. The number of alkyl halides is 3. The smallest absolute Gasteiger partial charge is 0.393 e. The van der Waals surface area contributed by atoms with Gasteiger partial charge in [0, 0.05) is 12.5 Å². The number of thiocarbonyl (C=S) groups is 1. The summed E-state index contributed by atoms with van der Waals surface area (Å²) in [6, 6.07) is -0.265. The third-order valence-electron chi connectivity index (χ3n) is 1.91. The Morgan fingerprint density at radius 1 is 1.50 bits per heavy atom. The van der Waals surface area contributed by atoms with Gasteiger partial charge < -0.3 is 5.73 Å². The molecule has 0 radical (unpaired) electrons. The fourth-order valence-corrected chi connectivity index (χ4v) is 1.47. The van der Waals surface area contributed by atoms with Gasteiger partial charge in [-0.1, -0.05) is 19.1 Å². The van der Waals surface area contributed by atoms with Crippen LogP contribution < -0.4 is 5.73 Å². The van der Waals surface area contributed by atoms with Gasteiger partial charge in [0.05, 0.1) is 11.5 Å². The Balaban J connectivity index is 4.19. The van der Waals surface area contributed by atoms with E-state index < -0.39 is 12.7 Å². The van der Waals surface area contributed by atoms with Crippen LogP contribution in [0.1, 0.15) is 20.3 Å². The second kappa shape index (κ2) is 5.50. The van der Waals surface area contributed by atoms with E-state index in [0.717, 1.165) is 0 Å². The Morgan fingerprint density at radius 2 is 2.00 bits per heavy atom. The van der Waals surface area contributed by atoms with Gasteiger partial charge in [-0.25, -0.2) is 0 Å². The van der Waals surface area contributed by atoms with Gasteiger partial charge in [-0.15, -0.1) is 0 Å². The van der Waals surface area contributed by atoms with E-state index in [2.05, 4.69) is 12.2 Å². The lowest BCUT2D eigenvalue weighted by Crippen LogP contribution is -2.41. The first-order chi connectivity index (χ1) is 6.26. The monoisotopic (exact) mass is 228 g/mol. The van der Waals surface area contributed by atoms with Gasteiger partial charge in [-0.2, -0.15) is 13.2 Å². The van der Waals surface area contributed by atoms with E-state index in [1.165, 1.54) is 4.90 Å². The number of rotatable bonds is 5. The Labute approximate surface area is 87.2 Å². The molecule has 0 aromatic carbocycles. The molecule has 0 saturated heterocycles. The topological polar surface area (TPSA) is 29.3 Å². The molecular weight excluding hydrogens is 213 g/mol. The number of nitrogens with two attached hydrogens (primary N) is 1. The van der Waals surface area contributed by atoms with Gasteiger partial charge in [-0.05, 0) is 13.5 Å². The molecular formula is C8H15F3N2S. The van der Waals surface area contributed by atoms with Crippen LogP contribution in [0, 0.1) is 0 Å². The summed E-state index contributed by atoms with van der Waals surface area (Å²) < 4.78 is 36.3. The first-order valence-electron chi connectivity index (χ1n) is 4.35. The van der Waals surface area contributed by atoms with E-state index in [1.807, 2.05) is 0 Å². The molecule has 1 unspecified atom stereocenters. The lowest BCUT2D eigenvalue weighted by Gasteiger charge is -2.28. The lowest BCUT2D eigenvalue weighted by atomic mass is 10.2. The van der Waals surface area contributed by atoms with E-state index in [1.54, 1.807) is 13.8 Å². The quantitative estimate of drug-likeness (QED) is 0.729. The zero-order chi connectivity index (χ0) is 11.4. The molecule has 6 heteroatoms. The van der Waals surface area contributed by atoms with Crippen molar-refractivity contribution in [2.45, 2.75) is 32.5 Å². The molecule has 14 heavy (non-hydrogen) atoms. The van der Waals surface area contributed by atoms with E-state index in [-0.39, 0.29) is 11.0 Å². The van der Waals surface area contributed by atoms with Gasteiger partial charge in [0.15, 0.2) is 0 Å². The summed E-state index contributed by atoms with van der Waals surface area (Å²) in [6.45, 7) is 2.80. The Hall–Kier alpha value is -0.360. The molecule has 0 aliphatic carbocycles. The van der Waals surface area contributed by atoms with Gasteiger partial charge >= 0.3 is 6.18 Å². The van der Waals surface area contributed by atoms with Gasteiger partial charge in [0.2, 0.25) is 0 Å². The molecule has 0 saturated carbocycles. The molecule has 0 bridgehead atoms. The van der Waals surface area contributed by atoms with E-state index >= 15 is 0 Å². The average molecular weight is 228 g/mol. The van der Waals surface area contributed by atoms with E-state index in [4.69, 9.17) is 5.73 Å². The lowest BCUT2D eigenvalue weighted by molar-refractivity contribution is -0.149. The van der Waals surface area contributed by atoms with Crippen molar-refractivity contribution < 1.29 is 13.2 Å². The predicted molar refractivity (Wildman–Crippen MR) is 54.2 cm³/mol. The largest absolute Gasteiger partial charge is 0.401 e. The van der Waals surface area contributed by atoms with Crippen molar-refractivity contribution in [2.75, 3.05) is 13.1 Å². The van der Waals surface area contributed by atoms with Crippen LogP contribution in [0.15, 0.2) is 0 Å². The summed E-state index contributed by atoms with van der Waals surface area (Å²) in [5, 5.41) is 0. The first-order valence-corrected chi connectivity index (χ1v) is 4.76. The van der Waals surface area contributed by atoms with Crippen LogP contribution in [0.5, 0.6) is 0 Å². The maximum atomic E-state index is 12.1. The van der Waals surface area contributed by atoms with Crippen molar-refractivity contribution in [1.29, 1.82) is 0 Å². The van der Waals surface area contributed by atoms with Gasteiger partial charge in [-0.3, -0.25) is 4.90 Å². The molecule has 0 amide bonds. The predicted octanol–water partition coefficient (Wildman–Crippen LogP) is 1.94. The highest BCUT2D eigenvalue weighted by Crippen LogP contribution is 2.18. The minimum absolute atomic E-state index is 0.248. The van der Waals surface area contributed by atoms with Crippen molar-refractivity contribution in [2.24, 2.45) is 5.73 Å². The van der Waals surface area contributed by atoms with Gasteiger partial charge in [0.25, 0.3) is 0 Å². The number of hydrogen-bond acceptors (Lipinski definition) is 2. The fourth-order valence-electron chi connectivity index (χ4n) is 1.23. The Morgan fingerprint density at radius 3 is 2.29 bits per heavy atom. The van der Waals surface area contributed by atoms with E-state index in [9.17, 15) is 13.2 Å². The van der Waals surface area contributed by atoms with Crippen LogP contribution in [0.2, 0.25) is 0 Å². The maximum Gasteiger partial charge on any atom is 0.401 e. The van der Waals surface area contributed by atoms with Crippen molar-refractivity contribution in [3.63, 3.8) is 0 Å². The second-order valence-electron chi connectivity index (χ2n) is 3.20. The minimum Gasteiger partial charge on any atom is -0.393 e. The highest BCUT2D eigenvalue weighted by atomic mass is 32.1. The van der Waals surface area contributed by atoms with Crippen LogP contribution in [0.25, 0.3) is 0 Å². The van der Waals surface area contributed by atoms with Crippen LogP contribution in [0.4, 0.5) is 13.2 Å². The molecule has 0 spiro atoms. The molecule has 2 nitrogen and oxygen atoms in total. The SMILES string of the molecule is CCN(CC(F)(F)F)C(C)CC(N)=S. The molecule has 0 rings (SSSR count). The Bertz CT molecular complexity index is 194. The molecule has 0 heterocycles. The van der Waals surface area contributed by atoms with E-state index in [0.29, 0.717) is 13.0 Å². The summed E-state index contributed by atoms with van der Waals surface area (Å²) >= 11 is 4.65. The minimum atomic E-state index is -4.17. The fraction of sp³-hybridized carbons (Fsp3) is 0.875. The van der Waals surface area contributed by atoms with Crippen molar-refractivity contribution >= 4 is 17.2 Å².